The van der Waals surface area contributed by atoms with Crippen LogP contribution in [0.2, 0.25) is 0 Å². The van der Waals surface area contributed by atoms with Crippen molar-refractivity contribution >= 4 is 0 Å². The van der Waals surface area contributed by atoms with E-state index in [1.165, 1.54) is 12.7 Å². The van der Waals surface area contributed by atoms with Gasteiger partial charge in [0.05, 0.1) is 0 Å². The number of nitrogens with one attached hydrogen (secondary N) is 2. The first kappa shape index (κ1) is 8.78. The molecule has 0 fully saturated rings. The predicted molar refractivity (Wildman–Crippen MR) is 57.2 cm³/mol. The normalized spacial score (nSPS) is 10.5. The molecule has 6 nitrogen and oxygen atoms in total. The summed E-state index contributed by atoms with van der Waals surface area (Å²) in [6, 6.07) is 7.83. The van der Waals surface area contributed by atoms with E-state index in [1.54, 1.807) is 0 Å². The molecule has 0 aliphatic rings. The van der Waals surface area contributed by atoms with Gasteiger partial charge < -0.3 is 0 Å². The first-order valence-electron chi connectivity index (χ1n) is 4.75. The zero-order valence-corrected chi connectivity index (χ0v) is 8.25. The molecule has 0 aliphatic carbocycles. The highest BCUT2D eigenvalue weighted by Crippen LogP contribution is 2.20. The maximum atomic E-state index is 4.10. The molecule has 2 aromatic heterocycles. The Labute approximate surface area is 90.8 Å². The van der Waals surface area contributed by atoms with Gasteiger partial charge in [0.2, 0.25) is 0 Å². The van der Waals surface area contributed by atoms with Crippen molar-refractivity contribution in [3.05, 3.63) is 36.9 Å². The third kappa shape index (κ3) is 1.46. The Kier molecular flexibility index (Phi) is 1.96. The number of hydrogen-bond donors (Lipinski definition) is 2. The van der Waals surface area contributed by atoms with E-state index in [0.29, 0.717) is 0 Å². The average molecular weight is 212 g/mol. The van der Waals surface area contributed by atoms with Gasteiger partial charge >= 0.3 is 0 Å². The highest BCUT2D eigenvalue weighted by atomic mass is 15.2. The molecule has 0 saturated heterocycles. The lowest BCUT2D eigenvalue weighted by molar-refractivity contribution is 1.09. The van der Waals surface area contributed by atoms with Crippen molar-refractivity contribution in [1.82, 2.24) is 30.4 Å². The molecule has 2 heterocycles. The zero-order chi connectivity index (χ0) is 10.8. The quantitative estimate of drug-likeness (QED) is 0.669. The summed E-state index contributed by atoms with van der Waals surface area (Å²) in [5.74, 6) is 1.47. The molecule has 0 atom stereocenters. The van der Waals surface area contributed by atoms with Gasteiger partial charge in [0.25, 0.3) is 0 Å². The topological polar surface area (TPSA) is 83.1 Å². The number of aromatic amines is 2. The lowest BCUT2D eigenvalue weighted by atomic mass is 10.1. The van der Waals surface area contributed by atoms with Crippen molar-refractivity contribution in [2.45, 2.75) is 0 Å². The van der Waals surface area contributed by atoms with E-state index in [2.05, 4.69) is 30.4 Å². The first-order valence-corrected chi connectivity index (χ1v) is 4.75. The summed E-state index contributed by atoms with van der Waals surface area (Å²) >= 11 is 0. The van der Waals surface area contributed by atoms with Gasteiger partial charge in [-0.25, -0.2) is 9.97 Å². The molecule has 78 valence electrons. The van der Waals surface area contributed by atoms with Crippen LogP contribution in [0.3, 0.4) is 0 Å². The molecule has 0 bridgehead atoms. The highest BCUT2D eigenvalue weighted by Gasteiger charge is 2.04. The Morgan fingerprint density at radius 1 is 0.812 bits per heavy atom. The summed E-state index contributed by atoms with van der Waals surface area (Å²) in [6.45, 7) is 0. The largest absolute Gasteiger partial charge is 0.259 e. The van der Waals surface area contributed by atoms with Crippen LogP contribution in [0.5, 0.6) is 0 Å². The minimum atomic E-state index is 0.737. The minimum Gasteiger partial charge on any atom is -0.259 e. The van der Waals surface area contributed by atoms with E-state index in [0.717, 1.165) is 22.8 Å². The van der Waals surface area contributed by atoms with E-state index in [-0.39, 0.29) is 0 Å². The first-order chi connectivity index (χ1) is 7.93. The van der Waals surface area contributed by atoms with E-state index < -0.39 is 0 Å². The molecule has 0 unspecified atom stereocenters. The molecule has 0 saturated carbocycles. The molecule has 0 radical (unpaired) electrons. The Balaban J connectivity index is 2.07. The monoisotopic (exact) mass is 212 g/mol. The van der Waals surface area contributed by atoms with Crippen LogP contribution in [0, 0.1) is 0 Å². The second-order valence-corrected chi connectivity index (χ2v) is 3.25. The van der Waals surface area contributed by atoms with Crippen molar-refractivity contribution in [2.75, 3.05) is 0 Å². The number of nitrogens with zero attached hydrogens (tertiary/aromatic N) is 4. The fraction of sp³-hybridized carbons (Fsp3) is 0. The summed E-state index contributed by atoms with van der Waals surface area (Å²) in [5, 5.41) is 13.3. The van der Waals surface area contributed by atoms with Gasteiger partial charge in [0, 0.05) is 11.1 Å². The Bertz CT molecular complexity index is 520. The second kappa shape index (κ2) is 3.58. The van der Waals surface area contributed by atoms with E-state index in [9.17, 15) is 0 Å². The van der Waals surface area contributed by atoms with E-state index in [1.807, 2.05) is 24.3 Å². The van der Waals surface area contributed by atoms with Gasteiger partial charge in [0.1, 0.15) is 12.7 Å². The van der Waals surface area contributed by atoms with Crippen molar-refractivity contribution in [1.29, 1.82) is 0 Å². The third-order valence-electron chi connectivity index (χ3n) is 2.24. The molecule has 3 aromatic rings. The van der Waals surface area contributed by atoms with Gasteiger partial charge in [-0.3, -0.25) is 10.2 Å². The van der Waals surface area contributed by atoms with Crippen molar-refractivity contribution in [2.24, 2.45) is 0 Å². The van der Waals surface area contributed by atoms with Gasteiger partial charge in [0.15, 0.2) is 11.6 Å². The summed E-state index contributed by atoms with van der Waals surface area (Å²) in [7, 11) is 0. The maximum Gasteiger partial charge on any atom is 0.155 e. The third-order valence-corrected chi connectivity index (χ3v) is 2.24. The van der Waals surface area contributed by atoms with Crippen molar-refractivity contribution < 1.29 is 0 Å². The fourth-order valence-corrected chi connectivity index (χ4v) is 1.50. The average Bonchev–Trinajstić information content (AvgIpc) is 3.03. The molecule has 16 heavy (non-hydrogen) atoms. The lowest BCUT2D eigenvalue weighted by Crippen LogP contribution is -1.84. The maximum absolute atomic E-state index is 4.10. The van der Waals surface area contributed by atoms with Gasteiger partial charge in [-0.15, -0.1) is 0 Å². The van der Waals surface area contributed by atoms with Crippen LogP contribution in [0.1, 0.15) is 0 Å². The summed E-state index contributed by atoms with van der Waals surface area (Å²) < 4.78 is 0. The van der Waals surface area contributed by atoms with Crippen LogP contribution in [0.25, 0.3) is 22.8 Å². The van der Waals surface area contributed by atoms with Gasteiger partial charge in [-0.05, 0) is 6.07 Å². The molecule has 2 N–H and O–H groups in total. The van der Waals surface area contributed by atoms with Crippen LogP contribution >= 0.6 is 0 Å². The van der Waals surface area contributed by atoms with Crippen LogP contribution in [0.4, 0.5) is 0 Å². The molecule has 0 aliphatic heterocycles. The zero-order valence-electron chi connectivity index (χ0n) is 8.25. The summed E-state index contributed by atoms with van der Waals surface area (Å²) in [4.78, 5) is 8.19. The number of aromatic nitrogens is 6. The van der Waals surface area contributed by atoms with Crippen molar-refractivity contribution in [3.63, 3.8) is 0 Å². The second-order valence-electron chi connectivity index (χ2n) is 3.25. The summed E-state index contributed by atoms with van der Waals surface area (Å²) in [6.07, 6.45) is 2.97. The Morgan fingerprint density at radius 3 is 1.81 bits per heavy atom. The predicted octanol–water partition coefficient (Wildman–Crippen LogP) is 1.26. The number of H-pyrrole nitrogens is 2. The minimum absolute atomic E-state index is 0.737. The van der Waals surface area contributed by atoms with Crippen molar-refractivity contribution in [3.8, 4) is 22.8 Å². The molecule has 1 aromatic carbocycles. The fourth-order valence-electron chi connectivity index (χ4n) is 1.50. The highest BCUT2D eigenvalue weighted by molar-refractivity contribution is 5.65. The molecular formula is C10H8N6. The standard InChI is InChI=1S/C10H8N6/c1-2-7(9-11-5-13-15-9)4-8(3-1)10-12-6-14-16-10/h1-6H,(H,11,13,15)(H,12,14,16). The molecule has 6 heteroatoms. The molecular weight excluding hydrogens is 204 g/mol. The molecule has 3 rings (SSSR count). The number of rotatable bonds is 2. The number of hydrogen-bond acceptors (Lipinski definition) is 4. The van der Waals surface area contributed by atoms with Crippen LogP contribution in [-0.2, 0) is 0 Å². The van der Waals surface area contributed by atoms with E-state index in [4.69, 9.17) is 0 Å². The lowest BCUT2D eigenvalue weighted by Gasteiger charge is -1.99. The Hall–Kier alpha value is -2.50. The SMILES string of the molecule is c1cc(-c2ncn[nH]2)cc(-c2ncn[nH]2)c1. The van der Waals surface area contributed by atoms with Gasteiger partial charge in [-0.2, -0.15) is 10.2 Å². The number of benzene rings is 1. The van der Waals surface area contributed by atoms with Crippen LogP contribution in [-0.4, -0.2) is 30.4 Å². The van der Waals surface area contributed by atoms with E-state index >= 15 is 0 Å². The smallest absolute Gasteiger partial charge is 0.155 e. The molecule has 0 spiro atoms. The van der Waals surface area contributed by atoms with Crippen LogP contribution in [0.15, 0.2) is 36.9 Å². The molecule has 0 amide bonds. The summed E-state index contributed by atoms with van der Waals surface area (Å²) in [5.41, 5.74) is 1.93. The van der Waals surface area contributed by atoms with Gasteiger partial charge in [-0.1, -0.05) is 18.2 Å². The van der Waals surface area contributed by atoms with Crippen LogP contribution < -0.4 is 0 Å². The Morgan fingerprint density at radius 2 is 1.38 bits per heavy atom.